The summed E-state index contributed by atoms with van der Waals surface area (Å²) in [7, 11) is 0. The van der Waals surface area contributed by atoms with Crippen LogP contribution in [0.1, 0.15) is 29.1 Å². The van der Waals surface area contributed by atoms with E-state index >= 15 is 0 Å². The van der Waals surface area contributed by atoms with Crippen LogP contribution in [0.3, 0.4) is 0 Å². The van der Waals surface area contributed by atoms with Crippen LogP contribution in [-0.4, -0.2) is 16.5 Å². The normalized spacial score (nSPS) is 12.3. The first-order valence-corrected chi connectivity index (χ1v) is 7.32. The Kier molecular flexibility index (Phi) is 4.81. The van der Waals surface area contributed by atoms with E-state index in [1.807, 2.05) is 18.4 Å². The van der Waals surface area contributed by atoms with E-state index in [4.69, 9.17) is 0 Å². The molecule has 0 spiro atoms. The number of nitrogens with one attached hydrogen (secondary N) is 1. The maximum absolute atomic E-state index is 10.9. The molecule has 20 heavy (non-hydrogen) atoms. The van der Waals surface area contributed by atoms with Gasteiger partial charge in [-0.05, 0) is 19.4 Å². The largest absolute Gasteiger partial charge is 0.310 e. The molecule has 1 heterocycles. The molecule has 1 aromatic carbocycles. The zero-order chi connectivity index (χ0) is 14.5. The number of nitro benzene ring substituents is 1. The predicted molar refractivity (Wildman–Crippen MR) is 80.1 cm³/mol. The van der Waals surface area contributed by atoms with Gasteiger partial charge >= 0.3 is 0 Å². The third-order valence-electron chi connectivity index (χ3n) is 3.20. The summed E-state index contributed by atoms with van der Waals surface area (Å²) in [5, 5.41) is 17.4. The van der Waals surface area contributed by atoms with Crippen LogP contribution in [0.5, 0.6) is 0 Å². The zero-order valence-corrected chi connectivity index (χ0v) is 12.3. The summed E-state index contributed by atoms with van der Waals surface area (Å²) < 4.78 is 0. The highest BCUT2D eigenvalue weighted by atomic mass is 32.1. The second-order valence-electron chi connectivity index (χ2n) is 4.65. The van der Waals surface area contributed by atoms with Crippen LogP contribution in [0, 0.1) is 17.0 Å². The summed E-state index contributed by atoms with van der Waals surface area (Å²) in [6.45, 7) is 4.56. The Morgan fingerprint density at radius 3 is 2.95 bits per heavy atom. The third-order valence-corrected chi connectivity index (χ3v) is 4.04. The SMILES string of the molecule is Cc1ccc(C(C)NCCc2nccs2)cc1[N+](=O)[O-]. The summed E-state index contributed by atoms with van der Waals surface area (Å²) in [6.07, 6.45) is 2.67. The van der Waals surface area contributed by atoms with E-state index in [1.54, 1.807) is 36.6 Å². The van der Waals surface area contributed by atoms with Crippen molar-refractivity contribution in [2.75, 3.05) is 6.54 Å². The summed E-state index contributed by atoms with van der Waals surface area (Å²) in [6, 6.07) is 5.46. The topological polar surface area (TPSA) is 68.1 Å². The van der Waals surface area contributed by atoms with Crippen molar-refractivity contribution in [1.82, 2.24) is 10.3 Å². The summed E-state index contributed by atoms with van der Waals surface area (Å²) in [5.41, 5.74) is 1.80. The van der Waals surface area contributed by atoms with Gasteiger partial charge < -0.3 is 5.32 Å². The Bertz CT molecular complexity index is 584. The molecular weight excluding hydrogens is 274 g/mol. The molecule has 1 N–H and O–H groups in total. The number of benzene rings is 1. The fourth-order valence-electron chi connectivity index (χ4n) is 1.98. The number of rotatable bonds is 6. The second kappa shape index (κ2) is 6.58. The van der Waals surface area contributed by atoms with Crippen molar-refractivity contribution in [3.05, 3.63) is 56.0 Å². The Hall–Kier alpha value is -1.79. The Balaban J connectivity index is 1.96. The first-order valence-electron chi connectivity index (χ1n) is 6.44. The van der Waals surface area contributed by atoms with E-state index in [0.717, 1.165) is 23.5 Å². The zero-order valence-electron chi connectivity index (χ0n) is 11.5. The lowest BCUT2D eigenvalue weighted by molar-refractivity contribution is -0.385. The molecule has 1 unspecified atom stereocenters. The minimum atomic E-state index is -0.332. The Labute approximate surface area is 121 Å². The highest BCUT2D eigenvalue weighted by molar-refractivity contribution is 7.09. The van der Waals surface area contributed by atoms with Crippen LogP contribution in [0.25, 0.3) is 0 Å². The number of aromatic nitrogens is 1. The van der Waals surface area contributed by atoms with Crippen LogP contribution in [0.4, 0.5) is 5.69 Å². The lowest BCUT2D eigenvalue weighted by atomic mass is 10.0. The number of thiazole rings is 1. The van der Waals surface area contributed by atoms with Crippen LogP contribution >= 0.6 is 11.3 Å². The molecule has 0 fully saturated rings. The van der Waals surface area contributed by atoms with Gasteiger partial charge in [-0.1, -0.05) is 12.1 Å². The summed E-state index contributed by atoms with van der Waals surface area (Å²) in [4.78, 5) is 14.8. The average Bonchev–Trinajstić information content (AvgIpc) is 2.92. The van der Waals surface area contributed by atoms with E-state index in [2.05, 4.69) is 10.3 Å². The smallest absolute Gasteiger partial charge is 0.272 e. The van der Waals surface area contributed by atoms with E-state index in [-0.39, 0.29) is 16.7 Å². The fourth-order valence-corrected chi connectivity index (χ4v) is 2.60. The van der Waals surface area contributed by atoms with Gasteiger partial charge in [0.1, 0.15) is 0 Å². The molecule has 0 aliphatic carbocycles. The number of nitro groups is 1. The first-order chi connectivity index (χ1) is 9.58. The van der Waals surface area contributed by atoms with Crippen LogP contribution in [0.15, 0.2) is 29.8 Å². The Morgan fingerprint density at radius 2 is 2.30 bits per heavy atom. The van der Waals surface area contributed by atoms with Gasteiger partial charge in [-0.25, -0.2) is 4.98 Å². The summed E-state index contributed by atoms with van der Waals surface area (Å²) >= 11 is 1.64. The van der Waals surface area contributed by atoms with E-state index in [1.165, 1.54) is 0 Å². The van der Waals surface area contributed by atoms with Gasteiger partial charge in [0, 0.05) is 42.2 Å². The molecule has 0 radical (unpaired) electrons. The van der Waals surface area contributed by atoms with E-state index in [9.17, 15) is 10.1 Å². The van der Waals surface area contributed by atoms with Gasteiger partial charge in [0.25, 0.3) is 5.69 Å². The van der Waals surface area contributed by atoms with Crippen LogP contribution in [-0.2, 0) is 6.42 Å². The van der Waals surface area contributed by atoms with Gasteiger partial charge in [0.15, 0.2) is 0 Å². The highest BCUT2D eigenvalue weighted by Gasteiger charge is 2.14. The van der Waals surface area contributed by atoms with Crippen molar-refractivity contribution in [3.8, 4) is 0 Å². The maximum Gasteiger partial charge on any atom is 0.272 e. The summed E-state index contributed by atoms with van der Waals surface area (Å²) in [5.74, 6) is 0. The van der Waals surface area contributed by atoms with Crippen molar-refractivity contribution in [2.24, 2.45) is 0 Å². The van der Waals surface area contributed by atoms with Crippen LogP contribution in [0.2, 0.25) is 0 Å². The van der Waals surface area contributed by atoms with Gasteiger partial charge in [0.05, 0.1) is 9.93 Å². The molecule has 1 atom stereocenters. The van der Waals surface area contributed by atoms with E-state index < -0.39 is 0 Å². The minimum Gasteiger partial charge on any atom is -0.310 e. The van der Waals surface area contributed by atoms with Crippen molar-refractivity contribution in [2.45, 2.75) is 26.3 Å². The molecule has 0 bridgehead atoms. The fraction of sp³-hybridized carbons (Fsp3) is 0.357. The molecule has 0 aliphatic rings. The first kappa shape index (κ1) is 14.6. The lowest BCUT2D eigenvalue weighted by Gasteiger charge is -2.14. The minimum absolute atomic E-state index is 0.0780. The molecule has 5 nitrogen and oxygen atoms in total. The van der Waals surface area contributed by atoms with Gasteiger partial charge in [-0.3, -0.25) is 10.1 Å². The van der Waals surface area contributed by atoms with Crippen molar-refractivity contribution < 1.29 is 4.92 Å². The van der Waals surface area contributed by atoms with Crippen molar-refractivity contribution >= 4 is 17.0 Å². The average molecular weight is 291 g/mol. The molecule has 0 saturated heterocycles. The van der Waals surface area contributed by atoms with Gasteiger partial charge in [-0.2, -0.15) is 0 Å². The quantitative estimate of drug-likeness (QED) is 0.655. The number of hydrogen-bond donors (Lipinski definition) is 1. The molecule has 0 amide bonds. The Morgan fingerprint density at radius 1 is 1.50 bits per heavy atom. The molecular formula is C14H17N3O2S. The number of aryl methyl sites for hydroxylation is 1. The monoisotopic (exact) mass is 291 g/mol. The lowest BCUT2D eigenvalue weighted by Crippen LogP contribution is -2.21. The standard InChI is InChI=1S/C14H17N3O2S/c1-10-3-4-12(9-13(10)17(18)19)11(2)15-6-5-14-16-7-8-20-14/h3-4,7-9,11,15H,5-6H2,1-2H3. The molecule has 106 valence electrons. The van der Waals surface area contributed by atoms with Gasteiger partial charge in [-0.15, -0.1) is 11.3 Å². The predicted octanol–water partition coefficient (Wildman–Crippen LogP) is 3.25. The third kappa shape index (κ3) is 3.61. The molecule has 1 aromatic heterocycles. The number of hydrogen-bond acceptors (Lipinski definition) is 5. The molecule has 0 saturated carbocycles. The molecule has 0 aliphatic heterocycles. The van der Waals surface area contributed by atoms with E-state index in [0.29, 0.717) is 5.56 Å². The molecule has 6 heteroatoms. The molecule has 2 aromatic rings. The van der Waals surface area contributed by atoms with Crippen molar-refractivity contribution in [1.29, 1.82) is 0 Å². The second-order valence-corrected chi connectivity index (χ2v) is 5.63. The molecule has 2 rings (SSSR count). The maximum atomic E-state index is 10.9. The van der Waals surface area contributed by atoms with Gasteiger partial charge in [0.2, 0.25) is 0 Å². The van der Waals surface area contributed by atoms with Crippen molar-refractivity contribution in [3.63, 3.8) is 0 Å². The number of nitrogens with zero attached hydrogens (tertiary/aromatic N) is 2. The van der Waals surface area contributed by atoms with Crippen LogP contribution < -0.4 is 5.32 Å². The highest BCUT2D eigenvalue weighted by Crippen LogP contribution is 2.23.